The maximum absolute atomic E-state index is 11.1. The number of hydrogen-bond acceptors (Lipinski definition) is 4. The molecule has 0 bridgehead atoms. The van der Waals surface area contributed by atoms with Gasteiger partial charge in [0, 0.05) is 5.39 Å². The summed E-state index contributed by atoms with van der Waals surface area (Å²) in [5.74, 6) is 0.538. The summed E-state index contributed by atoms with van der Waals surface area (Å²) < 4.78 is 5.23. The number of benzene rings is 1. The third-order valence-corrected chi connectivity index (χ3v) is 2.99. The van der Waals surface area contributed by atoms with Crippen molar-refractivity contribution in [2.75, 3.05) is 5.32 Å². The first-order valence-electron chi connectivity index (χ1n) is 6.13. The quantitative estimate of drug-likeness (QED) is 0.760. The summed E-state index contributed by atoms with van der Waals surface area (Å²) in [6.07, 6.45) is 1.62. The number of nitrogens with one attached hydrogen (secondary N) is 1. The minimum Gasteiger partial charge on any atom is -0.478 e. The normalized spacial score (nSPS) is 10.6. The van der Waals surface area contributed by atoms with Gasteiger partial charge in [-0.1, -0.05) is 6.07 Å². The predicted molar refractivity (Wildman–Crippen MR) is 74.7 cm³/mol. The average Bonchev–Trinajstić information content (AvgIpc) is 2.97. The number of carboxylic acid groups (broad SMARTS) is 1. The molecule has 20 heavy (non-hydrogen) atoms. The van der Waals surface area contributed by atoms with Gasteiger partial charge < -0.3 is 14.8 Å². The SMILES string of the molecule is O=C(O)c1cccc2nc(NCc3ccco3)ccc12. The Labute approximate surface area is 114 Å². The Hall–Kier alpha value is -2.82. The summed E-state index contributed by atoms with van der Waals surface area (Å²) in [5.41, 5.74) is 0.905. The van der Waals surface area contributed by atoms with Gasteiger partial charge in [0.25, 0.3) is 0 Å². The fraction of sp³-hybridized carbons (Fsp3) is 0.0667. The van der Waals surface area contributed by atoms with Crippen molar-refractivity contribution >= 4 is 22.7 Å². The molecule has 0 aliphatic heterocycles. The number of fused-ring (bicyclic) bond motifs is 1. The van der Waals surface area contributed by atoms with Crippen LogP contribution in [0.4, 0.5) is 5.82 Å². The van der Waals surface area contributed by atoms with Gasteiger partial charge in [-0.3, -0.25) is 0 Å². The molecular weight excluding hydrogens is 256 g/mol. The van der Waals surface area contributed by atoms with Crippen LogP contribution in [0.3, 0.4) is 0 Å². The number of aromatic carboxylic acids is 1. The summed E-state index contributed by atoms with van der Waals surface area (Å²) in [7, 11) is 0. The number of rotatable bonds is 4. The molecule has 0 saturated carbocycles. The maximum Gasteiger partial charge on any atom is 0.336 e. The van der Waals surface area contributed by atoms with Crippen molar-refractivity contribution in [2.45, 2.75) is 6.54 Å². The number of anilines is 1. The Kier molecular flexibility index (Phi) is 3.09. The molecule has 2 N–H and O–H groups in total. The zero-order valence-corrected chi connectivity index (χ0v) is 10.5. The van der Waals surface area contributed by atoms with Crippen LogP contribution in [-0.4, -0.2) is 16.1 Å². The van der Waals surface area contributed by atoms with Gasteiger partial charge in [-0.2, -0.15) is 0 Å². The van der Waals surface area contributed by atoms with Crippen molar-refractivity contribution < 1.29 is 14.3 Å². The maximum atomic E-state index is 11.1. The second-order valence-electron chi connectivity index (χ2n) is 4.31. The van der Waals surface area contributed by atoms with E-state index in [2.05, 4.69) is 10.3 Å². The van der Waals surface area contributed by atoms with Gasteiger partial charge in [-0.25, -0.2) is 9.78 Å². The fourth-order valence-corrected chi connectivity index (χ4v) is 2.03. The largest absolute Gasteiger partial charge is 0.478 e. The molecule has 0 aliphatic rings. The zero-order chi connectivity index (χ0) is 13.9. The molecule has 0 unspecified atom stereocenters. The van der Waals surface area contributed by atoms with E-state index in [1.165, 1.54) is 0 Å². The number of nitrogens with zero attached hydrogens (tertiary/aromatic N) is 1. The van der Waals surface area contributed by atoms with Gasteiger partial charge in [-0.15, -0.1) is 0 Å². The third-order valence-electron chi connectivity index (χ3n) is 2.99. The highest BCUT2D eigenvalue weighted by Crippen LogP contribution is 2.19. The first-order valence-corrected chi connectivity index (χ1v) is 6.13. The van der Waals surface area contributed by atoms with E-state index in [0.717, 1.165) is 5.76 Å². The van der Waals surface area contributed by atoms with Crippen molar-refractivity contribution in [1.82, 2.24) is 4.98 Å². The van der Waals surface area contributed by atoms with E-state index in [1.54, 1.807) is 36.6 Å². The number of carbonyl (C=O) groups is 1. The number of hydrogen-bond donors (Lipinski definition) is 2. The van der Waals surface area contributed by atoms with Crippen LogP contribution in [-0.2, 0) is 6.54 Å². The summed E-state index contributed by atoms with van der Waals surface area (Å²) >= 11 is 0. The smallest absolute Gasteiger partial charge is 0.336 e. The second-order valence-corrected chi connectivity index (χ2v) is 4.31. The van der Waals surface area contributed by atoms with Crippen LogP contribution in [0.5, 0.6) is 0 Å². The standard InChI is InChI=1S/C15H12N2O3/c18-15(19)12-4-1-5-13-11(12)6-7-14(17-13)16-9-10-3-2-8-20-10/h1-8H,9H2,(H,16,17)(H,18,19). The average molecular weight is 268 g/mol. The van der Waals surface area contributed by atoms with Gasteiger partial charge in [0.2, 0.25) is 0 Å². The molecule has 0 atom stereocenters. The molecule has 0 saturated heterocycles. The molecule has 0 fully saturated rings. The first-order chi connectivity index (χ1) is 9.74. The number of carboxylic acids is 1. The number of pyridine rings is 1. The van der Waals surface area contributed by atoms with E-state index >= 15 is 0 Å². The fourth-order valence-electron chi connectivity index (χ4n) is 2.03. The van der Waals surface area contributed by atoms with Gasteiger partial charge in [0.1, 0.15) is 11.6 Å². The van der Waals surface area contributed by atoms with Crippen molar-refractivity contribution in [3.05, 3.63) is 60.1 Å². The monoisotopic (exact) mass is 268 g/mol. The molecule has 0 amide bonds. The van der Waals surface area contributed by atoms with Gasteiger partial charge in [0.15, 0.2) is 0 Å². The molecule has 100 valence electrons. The molecule has 3 rings (SSSR count). The lowest BCUT2D eigenvalue weighted by molar-refractivity contribution is 0.0699. The summed E-state index contributed by atoms with van der Waals surface area (Å²) in [6, 6.07) is 12.3. The van der Waals surface area contributed by atoms with Crippen LogP contribution in [0.25, 0.3) is 10.9 Å². The van der Waals surface area contributed by atoms with Crippen LogP contribution in [0.1, 0.15) is 16.1 Å². The van der Waals surface area contributed by atoms with Crippen molar-refractivity contribution in [3.63, 3.8) is 0 Å². The molecule has 0 spiro atoms. The van der Waals surface area contributed by atoms with E-state index < -0.39 is 5.97 Å². The second kappa shape index (κ2) is 5.05. The highest BCUT2D eigenvalue weighted by molar-refractivity contribution is 6.02. The van der Waals surface area contributed by atoms with Crippen LogP contribution in [0, 0.1) is 0 Å². The number of furan rings is 1. The number of aromatic nitrogens is 1. The van der Waals surface area contributed by atoms with Crippen LogP contribution in [0.15, 0.2) is 53.1 Å². The molecule has 0 aliphatic carbocycles. The summed E-state index contributed by atoms with van der Waals surface area (Å²) in [4.78, 5) is 15.5. The van der Waals surface area contributed by atoms with Gasteiger partial charge in [0.05, 0.1) is 23.9 Å². The van der Waals surface area contributed by atoms with E-state index in [0.29, 0.717) is 23.3 Å². The Balaban J connectivity index is 1.89. The first kappa shape index (κ1) is 12.2. The molecule has 2 heterocycles. The third kappa shape index (κ3) is 2.33. The molecule has 0 radical (unpaired) electrons. The Morgan fingerprint density at radius 1 is 1.20 bits per heavy atom. The van der Waals surface area contributed by atoms with Gasteiger partial charge in [-0.05, 0) is 36.4 Å². The lowest BCUT2D eigenvalue weighted by atomic mass is 10.1. The predicted octanol–water partition coefficient (Wildman–Crippen LogP) is 3.14. The van der Waals surface area contributed by atoms with Crippen LogP contribution in [0.2, 0.25) is 0 Å². The highest BCUT2D eigenvalue weighted by atomic mass is 16.4. The highest BCUT2D eigenvalue weighted by Gasteiger charge is 2.09. The summed E-state index contributed by atoms with van der Waals surface area (Å²) in [5, 5.41) is 12.9. The van der Waals surface area contributed by atoms with E-state index in [1.807, 2.05) is 12.1 Å². The van der Waals surface area contributed by atoms with Crippen molar-refractivity contribution in [3.8, 4) is 0 Å². The van der Waals surface area contributed by atoms with E-state index in [9.17, 15) is 4.79 Å². The molecule has 5 heteroatoms. The van der Waals surface area contributed by atoms with E-state index in [-0.39, 0.29) is 5.56 Å². The topological polar surface area (TPSA) is 75.4 Å². The zero-order valence-electron chi connectivity index (χ0n) is 10.5. The Bertz CT molecular complexity index is 751. The van der Waals surface area contributed by atoms with Crippen LogP contribution < -0.4 is 5.32 Å². The summed E-state index contributed by atoms with van der Waals surface area (Å²) in [6.45, 7) is 0.532. The Morgan fingerprint density at radius 2 is 2.10 bits per heavy atom. The molecule has 3 aromatic rings. The lowest BCUT2D eigenvalue weighted by Crippen LogP contribution is -2.02. The van der Waals surface area contributed by atoms with Crippen molar-refractivity contribution in [2.24, 2.45) is 0 Å². The van der Waals surface area contributed by atoms with Crippen LogP contribution >= 0.6 is 0 Å². The minimum atomic E-state index is -0.950. The lowest BCUT2D eigenvalue weighted by Gasteiger charge is -2.06. The molecule has 2 aromatic heterocycles. The molecular formula is C15H12N2O3. The van der Waals surface area contributed by atoms with Crippen molar-refractivity contribution in [1.29, 1.82) is 0 Å². The van der Waals surface area contributed by atoms with E-state index in [4.69, 9.17) is 9.52 Å². The minimum absolute atomic E-state index is 0.257. The van der Waals surface area contributed by atoms with Gasteiger partial charge >= 0.3 is 5.97 Å². The Morgan fingerprint density at radius 3 is 2.85 bits per heavy atom. The molecule has 1 aromatic carbocycles. The molecule has 5 nitrogen and oxygen atoms in total.